The van der Waals surface area contributed by atoms with Crippen LogP contribution in [0.3, 0.4) is 0 Å². The van der Waals surface area contributed by atoms with Gasteiger partial charge in [0.25, 0.3) is 0 Å². The monoisotopic (exact) mass is 182 g/mol. The van der Waals surface area contributed by atoms with E-state index in [0.29, 0.717) is 13.0 Å². The first kappa shape index (κ1) is 9.77. The summed E-state index contributed by atoms with van der Waals surface area (Å²) in [5, 5.41) is 5.33. The Hall–Kier alpha value is -1.32. The molecule has 1 rings (SSSR count). The van der Waals surface area contributed by atoms with Gasteiger partial charge in [0.05, 0.1) is 0 Å². The first-order chi connectivity index (χ1) is 6.24. The second-order valence-electron chi connectivity index (χ2n) is 3.05. The summed E-state index contributed by atoms with van der Waals surface area (Å²) in [4.78, 5) is 22.2. The maximum absolute atomic E-state index is 11.3. The Bertz CT molecular complexity index is 226. The molecular formula is C9H14N2O2. The summed E-state index contributed by atoms with van der Waals surface area (Å²) in [6.07, 6.45) is 3.83. The molecule has 0 aromatic carbocycles. The topological polar surface area (TPSA) is 58.2 Å². The lowest BCUT2D eigenvalue weighted by molar-refractivity contribution is -0.126. The molecule has 0 saturated carbocycles. The molecule has 1 fully saturated rings. The lowest BCUT2D eigenvalue weighted by Gasteiger charge is -2.13. The number of carbonyl (C=O) groups is 2. The average Bonchev–Trinajstić information content (AvgIpc) is 2.32. The summed E-state index contributed by atoms with van der Waals surface area (Å²) >= 11 is 0. The van der Waals surface area contributed by atoms with Gasteiger partial charge in [0.1, 0.15) is 6.04 Å². The van der Waals surface area contributed by atoms with Crippen LogP contribution >= 0.6 is 0 Å². The standard InChI is InChI=1S/C9H14N2O2/c1-2-8(12)11-7-5-3-4-6-10-9(7)13/h2,7H,1,3-6H2,(H,10,13)(H,11,12)/t7-/m0/s1. The van der Waals surface area contributed by atoms with Crippen LogP contribution < -0.4 is 10.6 Å². The van der Waals surface area contributed by atoms with Crippen molar-refractivity contribution in [1.82, 2.24) is 10.6 Å². The summed E-state index contributed by atoms with van der Waals surface area (Å²) in [5.41, 5.74) is 0. The summed E-state index contributed by atoms with van der Waals surface area (Å²) in [5.74, 6) is -0.380. The molecule has 0 aromatic rings. The summed E-state index contributed by atoms with van der Waals surface area (Å²) in [6, 6.07) is -0.381. The fourth-order valence-corrected chi connectivity index (χ4v) is 1.31. The van der Waals surface area contributed by atoms with Crippen LogP contribution in [0, 0.1) is 0 Å². The molecule has 0 radical (unpaired) electrons. The van der Waals surface area contributed by atoms with Crippen LogP contribution in [0.25, 0.3) is 0 Å². The quantitative estimate of drug-likeness (QED) is 0.589. The zero-order valence-corrected chi connectivity index (χ0v) is 7.51. The molecule has 4 heteroatoms. The van der Waals surface area contributed by atoms with E-state index < -0.39 is 0 Å². The Balaban J connectivity index is 2.49. The maximum atomic E-state index is 11.3. The van der Waals surface area contributed by atoms with Crippen molar-refractivity contribution in [3.8, 4) is 0 Å². The van der Waals surface area contributed by atoms with Crippen LogP contribution in [-0.2, 0) is 9.59 Å². The third kappa shape index (κ3) is 2.89. The molecule has 0 unspecified atom stereocenters. The van der Waals surface area contributed by atoms with Crippen LogP contribution in [0.15, 0.2) is 12.7 Å². The van der Waals surface area contributed by atoms with Gasteiger partial charge >= 0.3 is 0 Å². The summed E-state index contributed by atoms with van der Waals surface area (Å²) in [6.45, 7) is 4.04. The Kier molecular flexibility index (Phi) is 3.49. The molecule has 1 atom stereocenters. The van der Waals surface area contributed by atoms with Crippen LogP contribution in [-0.4, -0.2) is 24.4 Å². The highest BCUT2D eigenvalue weighted by Gasteiger charge is 2.20. The number of amides is 2. The third-order valence-electron chi connectivity index (χ3n) is 2.04. The van der Waals surface area contributed by atoms with Crippen LogP contribution in [0.5, 0.6) is 0 Å². The average molecular weight is 182 g/mol. The molecule has 1 saturated heterocycles. The smallest absolute Gasteiger partial charge is 0.244 e. The molecule has 0 bridgehead atoms. The number of hydrogen-bond donors (Lipinski definition) is 2. The predicted molar refractivity (Wildman–Crippen MR) is 49.0 cm³/mol. The number of carbonyl (C=O) groups excluding carboxylic acids is 2. The predicted octanol–water partition coefficient (Wildman–Crippen LogP) is -0.0427. The Morgan fingerprint density at radius 1 is 1.62 bits per heavy atom. The van der Waals surface area contributed by atoms with Gasteiger partial charge in [-0.1, -0.05) is 6.58 Å². The number of rotatable bonds is 2. The molecule has 0 aromatic heterocycles. The maximum Gasteiger partial charge on any atom is 0.244 e. The molecule has 13 heavy (non-hydrogen) atoms. The molecule has 1 aliphatic heterocycles. The van der Waals surface area contributed by atoms with Crippen molar-refractivity contribution in [2.24, 2.45) is 0 Å². The molecule has 0 aliphatic carbocycles. The van der Waals surface area contributed by atoms with Gasteiger partial charge in [-0.2, -0.15) is 0 Å². The van der Waals surface area contributed by atoms with Gasteiger partial charge in [-0.15, -0.1) is 0 Å². The Labute approximate surface area is 77.4 Å². The molecular weight excluding hydrogens is 168 g/mol. The van der Waals surface area contributed by atoms with Gasteiger partial charge < -0.3 is 10.6 Å². The lowest BCUT2D eigenvalue weighted by atomic mass is 10.1. The van der Waals surface area contributed by atoms with Gasteiger partial charge in [-0.05, 0) is 25.3 Å². The van der Waals surface area contributed by atoms with Crippen molar-refractivity contribution in [3.05, 3.63) is 12.7 Å². The van der Waals surface area contributed by atoms with Crippen molar-refractivity contribution in [3.63, 3.8) is 0 Å². The van der Waals surface area contributed by atoms with Crippen molar-refractivity contribution < 1.29 is 9.59 Å². The molecule has 2 N–H and O–H groups in total. The number of nitrogens with one attached hydrogen (secondary N) is 2. The third-order valence-corrected chi connectivity index (χ3v) is 2.04. The van der Waals surface area contributed by atoms with E-state index in [1.54, 1.807) is 0 Å². The van der Waals surface area contributed by atoms with Crippen molar-refractivity contribution in [2.75, 3.05) is 6.54 Å². The molecule has 1 heterocycles. The summed E-state index contributed by atoms with van der Waals surface area (Å²) < 4.78 is 0. The van der Waals surface area contributed by atoms with Gasteiger partial charge in [-0.25, -0.2) is 0 Å². The minimum Gasteiger partial charge on any atom is -0.354 e. The van der Waals surface area contributed by atoms with Gasteiger partial charge in [0.15, 0.2) is 0 Å². The van der Waals surface area contributed by atoms with E-state index in [4.69, 9.17) is 0 Å². The van der Waals surface area contributed by atoms with E-state index in [1.807, 2.05) is 0 Å². The van der Waals surface area contributed by atoms with Crippen LogP contribution in [0.1, 0.15) is 19.3 Å². The second-order valence-corrected chi connectivity index (χ2v) is 3.05. The zero-order chi connectivity index (χ0) is 9.68. The SMILES string of the molecule is C=CC(=O)N[C@H]1CCCCNC1=O. The van der Waals surface area contributed by atoms with E-state index in [9.17, 15) is 9.59 Å². The molecule has 2 amide bonds. The molecule has 0 spiro atoms. The Morgan fingerprint density at radius 3 is 3.08 bits per heavy atom. The van der Waals surface area contributed by atoms with E-state index >= 15 is 0 Å². The largest absolute Gasteiger partial charge is 0.354 e. The van der Waals surface area contributed by atoms with E-state index in [-0.39, 0.29) is 17.9 Å². The highest BCUT2D eigenvalue weighted by Crippen LogP contribution is 2.04. The van der Waals surface area contributed by atoms with E-state index in [1.165, 1.54) is 6.08 Å². The minimum atomic E-state index is -0.381. The lowest BCUT2D eigenvalue weighted by Crippen LogP contribution is -2.44. The van der Waals surface area contributed by atoms with E-state index in [2.05, 4.69) is 17.2 Å². The molecule has 4 nitrogen and oxygen atoms in total. The zero-order valence-electron chi connectivity index (χ0n) is 7.51. The highest BCUT2D eigenvalue weighted by molar-refractivity contribution is 5.92. The van der Waals surface area contributed by atoms with Crippen molar-refractivity contribution in [2.45, 2.75) is 25.3 Å². The highest BCUT2D eigenvalue weighted by atomic mass is 16.2. The summed E-state index contributed by atoms with van der Waals surface area (Å²) in [7, 11) is 0. The first-order valence-corrected chi connectivity index (χ1v) is 4.44. The van der Waals surface area contributed by atoms with Gasteiger partial charge in [-0.3, -0.25) is 9.59 Å². The second kappa shape index (κ2) is 4.64. The normalized spacial score (nSPS) is 22.8. The van der Waals surface area contributed by atoms with E-state index in [0.717, 1.165) is 12.8 Å². The van der Waals surface area contributed by atoms with Crippen LogP contribution in [0.4, 0.5) is 0 Å². The van der Waals surface area contributed by atoms with Crippen LogP contribution in [0.2, 0.25) is 0 Å². The fourth-order valence-electron chi connectivity index (χ4n) is 1.31. The van der Waals surface area contributed by atoms with Gasteiger partial charge in [0, 0.05) is 6.54 Å². The molecule has 1 aliphatic rings. The van der Waals surface area contributed by atoms with Crippen molar-refractivity contribution >= 4 is 11.8 Å². The number of hydrogen-bond acceptors (Lipinski definition) is 2. The first-order valence-electron chi connectivity index (χ1n) is 4.44. The fraction of sp³-hybridized carbons (Fsp3) is 0.556. The van der Waals surface area contributed by atoms with Gasteiger partial charge in [0.2, 0.25) is 11.8 Å². The minimum absolute atomic E-state index is 0.0901. The molecule has 72 valence electrons. The Morgan fingerprint density at radius 2 is 2.38 bits per heavy atom. The van der Waals surface area contributed by atoms with Crippen molar-refractivity contribution in [1.29, 1.82) is 0 Å².